The van der Waals surface area contributed by atoms with Crippen molar-refractivity contribution in [1.29, 1.82) is 0 Å². The predicted octanol–water partition coefficient (Wildman–Crippen LogP) is 0.466. The van der Waals surface area contributed by atoms with Crippen LogP contribution in [0.2, 0.25) is 0 Å². The van der Waals surface area contributed by atoms with Crippen LogP contribution in [0.4, 0.5) is 0 Å². The number of hydrogen-bond donors (Lipinski definition) is 7. The first-order valence-electron chi connectivity index (χ1n) is 18.9. The number of nitrogens with zero attached hydrogens (tertiary/aromatic N) is 1. The number of ether oxygens (including phenoxy) is 3. The maximum Gasteiger partial charge on any atom is 0.341 e. The Balaban J connectivity index is 1.34. The van der Waals surface area contributed by atoms with Crippen LogP contribution in [0.15, 0.2) is 0 Å². The highest BCUT2D eigenvalue weighted by Gasteiger charge is 2.87. The zero-order valence-corrected chi connectivity index (χ0v) is 30.5. The first-order chi connectivity index (χ1) is 23.1. The summed E-state index contributed by atoms with van der Waals surface area (Å²) in [7, 11) is 0. The number of aliphatic hydroxyl groups excluding tert-OH is 3. The molecule has 7 aliphatic rings. The van der Waals surface area contributed by atoms with E-state index in [0.29, 0.717) is 25.3 Å². The van der Waals surface area contributed by atoms with Crippen molar-refractivity contribution < 1.29 is 59.5 Å². The smallest absolute Gasteiger partial charge is 0.341 e. The van der Waals surface area contributed by atoms with Crippen LogP contribution in [-0.2, 0) is 23.8 Å². The molecule has 3 saturated heterocycles. The van der Waals surface area contributed by atoms with Gasteiger partial charge < -0.3 is 50.0 Å². The van der Waals surface area contributed by atoms with Gasteiger partial charge >= 0.3 is 11.9 Å². The van der Waals surface area contributed by atoms with Gasteiger partial charge in [-0.05, 0) is 83.5 Å². The van der Waals surface area contributed by atoms with Crippen molar-refractivity contribution >= 4 is 11.9 Å². The Kier molecular flexibility index (Phi) is 8.52. The van der Waals surface area contributed by atoms with Gasteiger partial charge in [0.2, 0.25) is 5.79 Å². The Morgan fingerprint density at radius 2 is 1.74 bits per heavy atom. The van der Waals surface area contributed by atoms with Crippen LogP contribution in [-0.4, -0.2) is 130 Å². The fourth-order valence-electron chi connectivity index (χ4n) is 12.5. The van der Waals surface area contributed by atoms with Gasteiger partial charge in [0.05, 0.1) is 35.4 Å². The lowest BCUT2D eigenvalue weighted by atomic mass is 9.49. The Morgan fingerprint density at radius 1 is 1.06 bits per heavy atom. The lowest BCUT2D eigenvalue weighted by molar-refractivity contribution is -0.300. The largest absolute Gasteiger partial charge is 0.456 e. The van der Waals surface area contributed by atoms with Crippen LogP contribution < -0.4 is 0 Å². The Hall–Kier alpha value is -1.42. The SMILES string of the molecule is CC[C@H](C)C(=O)O[C@H]1[C@H](O)[C@@H]2[C@H](CN3C[C@@H](C)CC[C@@H]3[C@@]2(C)O)[C@@H]2C[C@]34O[C@]5(O)[C@H](OC(=O)[C@](C)(O)[C@H](C)O)CC[C@@]3(C)[C@H]5C[C@@H](O)[C@@H]4[C@@]21O. The van der Waals surface area contributed by atoms with Gasteiger partial charge in [-0.2, -0.15) is 0 Å². The average molecular weight is 710 g/mol. The maximum atomic E-state index is 13.5. The van der Waals surface area contributed by atoms with Crippen molar-refractivity contribution in [2.45, 2.75) is 158 Å². The summed E-state index contributed by atoms with van der Waals surface area (Å²) in [6, 6.07) is -0.238. The molecule has 3 aliphatic heterocycles. The van der Waals surface area contributed by atoms with Crippen molar-refractivity contribution in [3.63, 3.8) is 0 Å². The third-order valence-corrected chi connectivity index (χ3v) is 15.5. The highest BCUT2D eigenvalue weighted by molar-refractivity contribution is 5.79. The third-order valence-electron chi connectivity index (χ3n) is 15.5. The van der Waals surface area contributed by atoms with Gasteiger partial charge in [0, 0.05) is 42.3 Å². The number of esters is 2. The summed E-state index contributed by atoms with van der Waals surface area (Å²) in [4.78, 5) is 28.9. The summed E-state index contributed by atoms with van der Waals surface area (Å²) in [6.45, 7) is 13.1. The number of aliphatic hydroxyl groups is 7. The molecule has 50 heavy (non-hydrogen) atoms. The second-order valence-corrected chi connectivity index (χ2v) is 18.2. The van der Waals surface area contributed by atoms with Crippen molar-refractivity contribution in [1.82, 2.24) is 4.90 Å². The lowest BCUT2D eigenvalue weighted by Crippen LogP contribution is -2.77. The van der Waals surface area contributed by atoms with Gasteiger partial charge in [-0.3, -0.25) is 9.69 Å². The van der Waals surface area contributed by atoms with Crippen molar-refractivity contribution in [2.24, 2.45) is 46.8 Å². The molecule has 4 saturated carbocycles. The number of rotatable bonds is 6. The highest BCUT2D eigenvalue weighted by atomic mass is 16.7. The first-order valence-corrected chi connectivity index (χ1v) is 18.9. The molecule has 4 aliphatic carbocycles. The highest BCUT2D eigenvalue weighted by Crippen LogP contribution is 2.77. The van der Waals surface area contributed by atoms with Gasteiger partial charge in [0.1, 0.15) is 5.60 Å². The molecule has 1 spiro atoms. The van der Waals surface area contributed by atoms with Gasteiger partial charge in [-0.15, -0.1) is 0 Å². The molecular weight excluding hydrogens is 650 g/mol. The summed E-state index contributed by atoms with van der Waals surface area (Å²) in [5, 5.41) is 83.5. The molecule has 0 amide bonds. The maximum absolute atomic E-state index is 13.5. The van der Waals surface area contributed by atoms with E-state index in [-0.39, 0.29) is 25.3 Å². The van der Waals surface area contributed by atoms with Crippen LogP contribution in [0.3, 0.4) is 0 Å². The molecule has 284 valence electrons. The van der Waals surface area contributed by atoms with E-state index in [2.05, 4.69) is 11.8 Å². The topological polar surface area (TPSA) is 207 Å². The van der Waals surface area contributed by atoms with Gasteiger partial charge in [0.15, 0.2) is 17.8 Å². The first kappa shape index (κ1) is 36.9. The minimum absolute atomic E-state index is 0.0328. The Morgan fingerprint density at radius 3 is 2.38 bits per heavy atom. The van der Waals surface area contributed by atoms with Crippen LogP contribution in [0.25, 0.3) is 0 Å². The van der Waals surface area contributed by atoms with E-state index in [1.54, 1.807) is 13.8 Å². The second kappa shape index (κ2) is 11.5. The fourth-order valence-corrected chi connectivity index (χ4v) is 12.5. The third kappa shape index (κ3) is 4.57. The van der Waals surface area contributed by atoms with E-state index in [4.69, 9.17) is 14.2 Å². The zero-order valence-electron chi connectivity index (χ0n) is 30.5. The lowest BCUT2D eigenvalue weighted by Gasteiger charge is -2.64. The van der Waals surface area contributed by atoms with Crippen LogP contribution in [0.1, 0.15) is 93.4 Å². The number of carbonyl (C=O) groups is 2. The van der Waals surface area contributed by atoms with Crippen molar-refractivity contribution in [3.8, 4) is 0 Å². The van der Waals surface area contributed by atoms with E-state index < -0.39 is 112 Å². The zero-order chi connectivity index (χ0) is 36.7. The molecule has 4 bridgehead atoms. The van der Waals surface area contributed by atoms with Crippen LogP contribution >= 0.6 is 0 Å². The minimum Gasteiger partial charge on any atom is -0.456 e. The predicted molar refractivity (Wildman–Crippen MR) is 176 cm³/mol. The number of fused-ring (bicyclic) bond motifs is 5. The van der Waals surface area contributed by atoms with Crippen LogP contribution in [0, 0.1) is 46.8 Å². The number of carbonyl (C=O) groups excluding carboxylic acids is 2. The molecule has 7 rings (SSSR count). The summed E-state index contributed by atoms with van der Waals surface area (Å²) >= 11 is 0. The molecule has 7 fully saturated rings. The molecular formula is C37H59NO12. The van der Waals surface area contributed by atoms with E-state index in [0.717, 1.165) is 26.3 Å². The second-order valence-electron chi connectivity index (χ2n) is 18.2. The summed E-state index contributed by atoms with van der Waals surface area (Å²) in [6.07, 6.45) is -4.15. The van der Waals surface area contributed by atoms with E-state index in [1.807, 2.05) is 13.8 Å². The molecule has 19 atom stereocenters. The minimum atomic E-state index is -2.25. The Labute approximate surface area is 294 Å². The molecule has 0 aromatic carbocycles. The molecule has 0 unspecified atom stereocenters. The molecule has 3 heterocycles. The fraction of sp³-hybridized carbons (Fsp3) is 0.946. The normalized spacial score (nSPS) is 54.6. The average Bonchev–Trinajstić information content (AvgIpc) is 3.31. The van der Waals surface area contributed by atoms with Gasteiger partial charge in [0.25, 0.3) is 0 Å². The Bertz CT molecular complexity index is 1390. The summed E-state index contributed by atoms with van der Waals surface area (Å²) in [5.74, 6) is -7.78. The molecule has 0 radical (unpaired) electrons. The molecule has 7 N–H and O–H groups in total. The molecule has 13 heteroatoms. The van der Waals surface area contributed by atoms with Crippen LogP contribution in [0.5, 0.6) is 0 Å². The quantitative estimate of drug-likeness (QED) is 0.188. The molecule has 13 nitrogen and oxygen atoms in total. The molecule has 0 aromatic rings. The van der Waals surface area contributed by atoms with E-state index in [1.165, 1.54) is 6.92 Å². The van der Waals surface area contributed by atoms with Crippen molar-refractivity contribution in [2.75, 3.05) is 13.1 Å². The monoisotopic (exact) mass is 709 g/mol. The van der Waals surface area contributed by atoms with Gasteiger partial charge in [-0.1, -0.05) is 27.7 Å². The van der Waals surface area contributed by atoms with E-state index >= 15 is 0 Å². The summed E-state index contributed by atoms with van der Waals surface area (Å²) in [5.41, 5.74) is -7.89. The number of hydrogen-bond acceptors (Lipinski definition) is 13. The van der Waals surface area contributed by atoms with Gasteiger partial charge in [-0.25, -0.2) is 4.79 Å². The summed E-state index contributed by atoms with van der Waals surface area (Å²) < 4.78 is 18.7. The van der Waals surface area contributed by atoms with Crippen molar-refractivity contribution in [3.05, 3.63) is 0 Å². The number of piperidine rings is 2. The van der Waals surface area contributed by atoms with E-state index in [9.17, 15) is 45.3 Å². The standard InChI is InChI=1S/C37H59NO12/c1-8-18(3)30(42)49-29-27(41)26-20(16-38-15-17(2)9-10-24(38)34(26,7)45)21-14-35-28(36(21,29)46)22(40)13-23-32(35,5)12-11-25(37(23,47)50-35)48-31(43)33(6,44)19(4)39/h17-29,39-41,44-47H,8-16H2,1-7H3/t17-,18-,19-,20+,21-,22+,23+,24+,25+,26-,27+,28-,29-,32-,33+,34+,35+,36-,37-/m0/s1. The molecule has 0 aromatic heterocycles.